The van der Waals surface area contributed by atoms with Crippen LogP contribution in [0.2, 0.25) is 0 Å². The number of carbonyl (C=O) groups is 2. The molecule has 0 saturated heterocycles. The van der Waals surface area contributed by atoms with Crippen molar-refractivity contribution in [1.29, 1.82) is 0 Å². The quantitative estimate of drug-likeness (QED) is 0.154. The molecule has 0 N–H and O–H groups in total. The second-order valence-electron chi connectivity index (χ2n) is 7.95. The van der Waals surface area contributed by atoms with Gasteiger partial charge in [0.15, 0.2) is 0 Å². The van der Waals surface area contributed by atoms with Crippen LogP contribution in [-0.2, 0) is 0 Å². The number of nitro benzene ring substituents is 6. The Morgan fingerprint density at radius 2 is 0.881 bits per heavy atom. The Morgan fingerprint density at radius 3 is 1.33 bits per heavy atom. The molecule has 0 unspecified atom stereocenters. The van der Waals surface area contributed by atoms with Gasteiger partial charge in [0.1, 0.15) is 23.3 Å². The summed E-state index contributed by atoms with van der Waals surface area (Å²) in [7, 11) is 0. The molecule has 0 saturated carbocycles. The van der Waals surface area contributed by atoms with E-state index in [1.807, 2.05) is 0 Å². The molecule has 0 spiro atoms. The van der Waals surface area contributed by atoms with Gasteiger partial charge in [0.25, 0.3) is 34.1 Å². The zero-order chi connectivity index (χ0) is 31.5. The van der Waals surface area contributed by atoms with Crippen LogP contribution < -0.4 is 0 Å². The highest BCUT2D eigenvalue weighted by Gasteiger charge is 2.29. The van der Waals surface area contributed by atoms with Gasteiger partial charge in [-0.05, 0) is 12.1 Å². The number of hydrogen-bond acceptors (Lipinski definition) is 14. The van der Waals surface area contributed by atoms with E-state index in [9.17, 15) is 70.3 Å². The third-order valence-electron chi connectivity index (χ3n) is 5.55. The molecule has 4 rings (SSSR count). The molecule has 0 aromatic heterocycles. The van der Waals surface area contributed by atoms with Crippen molar-refractivity contribution in [2.45, 2.75) is 0 Å². The molecule has 0 radical (unpaired) electrons. The first kappa shape index (κ1) is 29.7. The van der Waals surface area contributed by atoms with Gasteiger partial charge in [-0.2, -0.15) is 0 Å². The molecule has 0 atom stereocenters. The van der Waals surface area contributed by atoms with Gasteiger partial charge < -0.3 is 0 Å². The Bertz CT molecular complexity index is 1900. The van der Waals surface area contributed by atoms with Crippen molar-refractivity contribution in [2.24, 2.45) is 0 Å². The minimum Gasteiger partial charge on any atom is -0.298 e. The van der Waals surface area contributed by atoms with E-state index < -0.39 is 69.1 Å². The van der Waals surface area contributed by atoms with Gasteiger partial charge in [-0.15, -0.1) is 0 Å². The van der Waals surface area contributed by atoms with Gasteiger partial charge in [0.2, 0.25) is 0 Å². The highest BCUT2D eigenvalue weighted by molar-refractivity contribution is 6.06. The molecule has 0 amide bonds. The number of hydrogen-bond donors (Lipinski definition) is 0. The minimum atomic E-state index is -0.942. The number of benzene rings is 4. The maximum atomic E-state index is 11.0. The van der Waals surface area contributed by atoms with Crippen LogP contribution in [0.4, 0.5) is 34.1 Å². The number of fused-ring (bicyclic) bond motifs is 2. The number of non-ortho nitro benzene ring substituents is 6. The molecule has 0 fully saturated rings. The van der Waals surface area contributed by atoms with Crippen LogP contribution in [0.5, 0.6) is 0 Å². The predicted molar refractivity (Wildman–Crippen MR) is 139 cm³/mol. The highest BCUT2D eigenvalue weighted by Crippen LogP contribution is 2.40. The molecule has 42 heavy (non-hydrogen) atoms. The fraction of sp³-hybridized carbons (Fsp3) is 0. The van der Waals surface area contributed by atoms with E-state index in [-0.39, 0.29) is 33.6 Å². The molecule has 0 bridgehead atoms. The van der Waals surface area contributed by atoms with Crippen LogP contribution in [-0.4, -0.2) is 42.1 Å². The Hall–Kier alpha value is -6.86. The summed E-state index contributed by atoms with van der Waals surface area (Å²) < 4.78 is 0. The maximum absolute atomic E-state index is 11.0. The summed E-state index contributed by atoms with van der Waals surface area (Å²) in [6.07, 6.45) is 0.589. The van der Waals surface area contributed by atoms with Crippen LogP contribution in [0.25, 0.3) is 21.5 Å². The second kappa shape index (κ2) is 11.5. The molecule has 212 valence electrons. The number of nitro groups is 6. The van der Waals surface area contributed by atoms with Crippen molar-refractivity contribution < 1.29 is 39.1 Å². The number of carbonyl (C=O) groups excluding carboxylic acids is 2. The van der Waals surface area contributed by atoms with E-state index in [0.717, 1.165) is 42.5 Å². The molecule has 0 aliphatic heterocycles. The average molecular weight is 582 g/mol. The third kappa shape index (κ3) is 5.61. The Labute approximate surface area is 228 Å². The molecular formula is C22H10N6O14. The first-order chi connectivity index (χ1) is 19.7. The van der Waals surface area contributed by atoms with E-state index in [2.05, 4.69) is 0 Å². The Kier molecular flexibility index (Phi) is 8.12. The molecule has 4 aromatic carbocycles. The fourth-order valence-electron chi connectivity index (χ4n) is 3.91. The van der Waals surface area contributed by atoms with Crippen LogP contribution in [0, 0.1) is 60.7 Å². The zero-order valence-corrected chi connectivity index (χ0v) is 20.2. The van der Waals surface area contributed by atoms with Gasteiger partial charge in [0, 0.05) is 46.8 Å². The summed E-state index contributed by atoms with van der Waals surface area (Å²) in [5.41, 5.74) is -4.22. The summed E-state index contributed by atoms with van der Waals surface area (Å²) in [6.45, 7) is 0. The van der Waals surface area contributed by atoms with Gasteiger partial charge in [-0.1, -0.05) is 0 Å². The van der Waals surface area contributed by atoms with Crippen molar-refractivity contribution in [2.75, 3.05) is 0 Å². The molecular weight excluding hydrogens is 572 g/mol. The summed E-state index contributed by atoms with van der Waals surface area (Å²) >= 11 is 0. The lowest BCUT2D eigenvalue weighted by molar-refractivity contribution is -0.395. The third-order valence-corrected chi connectivity index (χ3v) is 5.55. The topological polar surface area (TPSA) is 293 Å². The van der Waals surface area contributed by atoms with E-state index >= 15 is 0 Å². The van der Waals surface area contributed by atoms with Crippen molar-refractivity contribution in [1.82, 2.24) is 0 Å². The molecule has 0 heterocycles. The predicted octanol–water partition coefficient (Wildman–Crippen LogP) is 4.75. The Morgan fingerprint density at radius 1 is 0.452 bits per heavy atom. The zero-order valence-electron chi connectivity index (χ0n) is 20.2. The fourth-order valence-corrected chi connectivity index (χ4v) is 3.91. The molecule has 4 aromatic rings. The van der Waals surface area contributed by atoms with Crippen molar-refractivity contribution in [3.8, 4) is 0 Å². The molecule has 20 nitrogen and oxygen atoms in total. The Balaban J connectivity index is 0.000000230. The van der Waals surface area contributed by atoms with E-state index in [1.165, 1.54) is 0 Å². The number of rotatable bonds is 8. The number of aldehydes is 2. The molecule has 0 aliphatic rings. The van der Waals surface area contributed by atoms with E-state index in [4.69, 9.17) is 0 Å². The normalized spacial score (nSPS) is 10.3. The minimum absolute atomic E-state index is 0.107. The average Bonchev–Trinajstić information content (AvgIpc) is 2.94. The van der Waals surface area contributed by atoms with E-state index in [1.54, 1.807) is 0 Å². The number of nitrogens with zero attached hydrogens (tertiary/aromatic N) is 6. The standard InChI is InChI=1S/2C11H5N3O7/c15-5-6-1-7-3-8(12(16)17)4-10(14(20)21)11(7)9(2-6)13(18)19;15-5-6-3-7-8(12(16)17)1-2-9(13(18)19)11(7)10(4-6)14(20)21/h2*1-5H. The molecule has 0 aliphatic carbocycles. The smallest absolute Gasteiger partial charge is 0.291 e. The highest BCUT2D eigenvalue weighted by atomic mass is 16.6. The van der Waals surface area contributed by atoms with Gasteiger partial charge >= 0.3 is 0 Å². The largest absolute Gasteiger partial charge is 0.298 e. The van der Waals surface area contributed by atoms with Gasteiger partial charge in [-0.3, -0.25) is 70.3 Å². The first-order valence-corrected chi connectivity index (χ1v) is 10.7. The van der Waals surface area contributed by atoms with Crippen LogP contribution in [0.3, 0.4) is 0 Å². The van der Waals surface area contributed by atoms with Crippen molar-refractivity contribution >= 4 is 68.2 Å². The van der Waals surface area contributed by atoms with Gasteiger partial charge in [-0.25, -0.2) is 0 Å². The second-order valence-corrected chi connectivity index (χ2v) is 7.95. The lowest BCUT2D eigenvalue weighted by atomic mass is 10.0. The summed E-state index contributed by atoms with van der Waals surface area (Å²) in [5, 5.41) is 64.5. The summed E-state index contributed by atoms with van der Waals surface area (Å²) in [6, 6.07) is 7.15. The lowest BCUT2D eigenvalue weighted by Gasteiger charge is -2.03. The first-order valence-electron chi connectivity index (χ1n) is 10.7. The maximum Gasteiger partial charge on any atom is 0.291 e. The van der Waals surface area contributed by atoms with Crippen LogP contribution in [0.15, 0.2) is 48.5 Å². The SMILES string of the molecule is O=Cc1cc([N+](=O)[O-])c2c([N+](=O)[O-])cc([N+](=O)[O-])cc2c1.O=Cc1cc([N+](=O)[O-])c2c([N+](=O)[O-])ccc([N+](=O)[O-])c2c1. The summed E-state index contributed by atoms with van der Waals surface area (Å²) in [4.78, 5) is 82.0. The van der Waals surface area contributed by atoms with Crippen molar-refractivity contribution in [3.05, 3.63) is 120 Å². The van der Waals surface area contributed by atoms with Gasteiger partial charge in [0.05, 0.1) is 41.0 Å². The van der Waals surface area contributed by atoms with Crippen LogP contribution in [0.1, 0.15) is 20.7 Å². The van der Waals surface area contributed by atoms with Crippen LogP contribution >= 0.6 is 0 Å². The van der Waals surface area contributed by atoms with Crippen molar-refractivity contribution in [3.63, 3.8) is 0 Å². The van der Waals surface area contributed by atoms with E-state index in [0.29, 0.717) is 12.4 Å². The molecule has 20 heteroatoms. The summed E-state index contributed by atoms with van der Waals surface area (Å²) in [5.74, 6) is 0. The monoisotopic (exact) mass is 582 g/mol. The lowest BCUT2D eigenvalue weighted by Crippen LogP contribution is -1.99.